The quantitative estimate of drug-likeness (QED) is 0.688. The highest BCUT2D eigenvalue weighted by molar-refractivity contribution is 5.30. The maximum absolute atomic E-state index is 13.2. The van der Waals surface area contributed by atoms with Crippen LogP contribution in [0.5, 0.6) is 5.75 Å². The molecule has 0 amide bonds. The fourth-order valence-electron chi connectivity index (χ4n) is 1.49. The zero-order valence-corrected chi connectivity index (χ0v) is 10.2. The first kappa shape index (κ1) is 13.9. The highest BCUT2D eigenvalue weighted by atomic mass is 19.1. The SMILES string of the molecule is CN(C)CCNC(CO)c1ccc(O)c(F)c1. The minimum absolute atomic E-state index is 0.113. The van der Waals surface area contributed by atoms with E-state index in [1.54, 1.807) is 6.07 Å². The molecule has 5 heteroatoms. The number of hydrogen-bond acceptors (Lipinski definition) is 4. The van der Waals surface area contributed by atoms with Crippen LogP contribution < -0.4 is 5.32 Å². The van der Waals surface area contributed by atoms with Crippen LogP contribution in [0.25, 0.3) is 0 Å². The highest BCUT2D eigenvalue weighted by Gasteiger charge is 2.11. The third-order valence-electron chi connectivity index (χ3n) is 2.51. The number of likely N-dealkylation sites (N-methyl/N-ethyl adjacent to an activating group) is 1. The molecule has 17 heavy (non-hydrogen) atoms. The van der Waals surface area contributed by atoms with Gasteiger partial charge in [0.2, 0.25) is 0 Å². The van der Waals surface area contributed by atoms with E-state index in [1.807, 2.05) is 19.0 Å². The van der Waals surface area contributed by atoms with E-state index in [0.717, 1.165) is 6.54 Å². The van der Waals surface area contributed by atoms with Gasteiger partial charge in [0.05, 0.1) is 12.6 Å². The van der Waals surface area contributed by atoms with Gasteiger partial charge in [-0.25, -0.2) is 4.39 Å². The van der Waals surface area contributed by atoms with Crippen molar-refractivity contribution in [2.24, 2.45) is 0 Å². The van der Waals surface area contributed by atoms with Gasteiger partial charge < -0.3 is 20.4 Å². The van der Waals surface area contributed by atoms with Crippen molar-refractivity contribution in [1.82, 2.24) is 10.2 Å². The Balaban J connectivity index is 2.62. The maximum atomic E-state index is 13.2. The molecule has 0 saturated carbocycles. The Kier molecular flexibility index (Phi) is 5.34. The lowest BCUT2D eigenvalue weighted by Gasteiger charge is -2.18. The first-order valence-electron chi connectivity index (χ1n) is 5.52. The van der Waals surface area contributed by atoms with Gasteiger partial charge in [0.25, 0.3) is 0 Å². The molecule has 0 fully saturated rings. The molecule has 1 aromatic rings. The summed E-state index contributed by atoms with van der Waals surface area (Å²) in [5, 5.41) is 21.5. The summed E-state index contributed by atoms with van der Waals surface area (Å²) >= 11 is 0. The number of phenolic OH excluding ortho intramolecular Hbond substituents is 1. The molecule has 0 aliphatic rings. The van der Waals surface area contributed by atoms with Crippen LogP contribution in [0.4, 0.5) is 4.39 Å². The smallest absolute Gasteiger partial charge is 0.165 e. The Morgan fingerprint density at radius 1 is 1.41 bits per heavy atom. The summed E-state index contributed by atoms with van der Waals surface area (Å²) in [6.07, 6.45) is 0. The van der Waals surface area contributed by atoms with Crippen molar-refractivity contribution in [3.8, 4) is 5.75 Å². The van der Waals surface area contributed by atoms with Crippen molar-refractivity contribution in [3.63, 3.8) is 0 Å². The molecule has 1 rings (SSSR count). The molecule has 96 valence electrons. The minimum atomic E-state index is -0.671. The standard InChI is InChI=1S/C12H19FN2O2/c1-15(2)6-5-14-11(8-16)9-3-4-12(17)10(13)7-9/h3-4,7,11,14,16-17H,5-6,8H2,1-2H3. The number of aliphatic hydroxyl groups excluding tert-OH is 1. The number of aliphatic hydroxyl groups is 1. The zero-order valence-electron chi connectivity index (χ0n) is 10.2. The first-order chi connectivity index (χ1) is 8.04. The lowest BCUT2D eigenvalue weighted by atomic mass is 10.1. The third kappa shape index (κ3) is 4.30. The van der Waals surface area contributed by atoms with Crippen molar-refractivity contribution in [2.75, 3.05) is 33.8 Å². The van der Waals surface area contributed by atoms with Crippen molar-refractivity contribution in [2.45, 2.75) is 6.04 Å². The number of benzene rings is 1. The van der Waals surface area contributed by atoms with Crippen molar-refractivity contribution >= 4 is 0 Å². The van der Waals surface area contributed by atoms with Crippen LogP contribution in [0.1, 0.15) is 11.6 Å². The van der Waals surface area contributed by atoms with Crippen LogP contribution in [0.2, 0.25) is 0 Å². The lowest BCUT2D eigenvalue weighted by Crippen LogP contribution is -2.31. The Morgan fingerprint density at radius 3 is 2.65 bits per heavy atom. The van der Waals surface area contributed by atoms with Gasteiger partial charge >= 0.3 is 0 Å². The van der Waals surface area contributed by atoms with E-state index in [1.165, 1.54) is 12.1 Å². The van der Waals surface area contributed by atoms with Crippen molar-refractivity contribution in [1.29, 1.82) is 0 Å². The summed E-state index contributed by atoms with van der Waals surface area (Å²) < 4.78 is 13.2. The molecule has 0 saturated heterocycles. The predicted octanol–water partition coefficient (Wildman–Crippen LogP) is 0.716. The summed E-state index contributed by atoms with van der Waals surface area (Å²) in [6.45, 7) is 1.41. The summed E-state index contributed by atoms with van der Waals surface area (Å²) in [7, 11) is 3.91. The molecule has 1 unspecified atom stereocenters. The van der Waals surface area contributed by atoms with Crippen LogP contribution in [0.15, 0.2) is 18.2 Å². The molecule has 0 heterocycles. The summed E-state index contributed by atoms with van der Waals surface area (Å²) in [5.74, 6) is -1.05. The summed E-state index contributed by atoms with van der Waals surface area (Å²) in [6, 6.07) is 3.81. The van der Waals surface area contributed by atoms with Gasteiger partial charge in [-0.1, -0.05) is 6.07 Å². The molecule has 0 aliphatic carbocycles. The number of phenols is 1. The molecule has 0 bridgehead atoms. The Labute approximate surface area is 101 Å². The van der Waals surface area contributed by atoms with Gasteiger partial charge in [0, 0.05) is 13.1 Å². The van der Waals surface area contributed by atoms with Gasteiger partial charge in [0.1, 0.15) is 0 Å². The lowest BCUT2D eigenvalue weighted by molar-refractivity contribution is 0.240. The Hall–Kier alpha value is -1.17. The molecular formula is C12H19FN2O2. The molecule has 0 radical (unpaired) electrons. The van der Waals surface area contributed by atoms with E-state index in [4.69, 9.17) is 5.11 Å². The second kappa shape index (κ2) is 6.54. The third-order valence-corrected chi connectivity index (χ3v) is 2.51. The van der Waals surface area contributed by atoms with Gasteiger partial charge in [0.15, 0.2) is 11.6 Å². The number of nitrogens with zero attached hydrogens (tertiary/aromatic N) is 1. The summed E-state index contributed by atoms with van der Waals surface area (Å²) in [4.78, 5) is 2.01. The molecule has 1 aromatic carbocycles. The molecular weight excluding hydrogens is 223 g/mol. The van der Waals surface area contributed by atoms with E-state index in [-0.39, 0.29) is 18.4 Å². The van der Waals surface area contributed by atoms with E-state index in [2.05, 4.69) is 5.32 Å². The van der Waals surface area contributed by atoms with Crippen molar-refractivity contribution < 1.29 is 14.6 Å². The molecule has 3 N–H and O–H groups in total. The first-order valence-corrected chi connectivity index (χ1v) is 5.52. The number of nitrogens with one attached hydrogen (secondary N) is 1. The van der Waals surface area contributed by atoms with Crippen LogP contribution in [-0.2, 0) is 0 Å². The zero-order chi connectivity index (χ0) is 12.8. The fraction of sp³-hybridized carbons (Fsp3) is 0.500. The predicted molar refractivity (Wildman–Crippen MR) is 64.4 cm³/mol. The van der Waals surface area contributed by atoms with Gasteiger partial charge in [-0.3, -0.25) is 0 Å². The monoisotopic (exact) mass is 242 g/mol. The number of hydrogen-bond donors (Lipinski definition) is 3. The number of rotatable bonds is 6. The van der Waals surface area contributed by atoms with Crippen molar-refractivity contribution in [3.05, 3.63) is 29.6 Å². The second-order valence-corrected chi connectivity index (χ2v) is 4.20. The van der Waals surface area contributed by atoms with E-state index in [0.29, 0.717) is 12.1 Å². The molecule has 4 nitrogen and oxygen atoms in total. The topological polar surface area (TPSA) is 55.7 Å². The fourth-order valence-corrected chi connectivity index (χ4v) is 1.49. The average molecular weight is 242 g/mol. The molecule has 0 aromatic heterocycles. The normalized spacial score (nSPS) is 13.0. The summed E-state index contributed by atoms with van der Waals surface area (Å²) in [5.41, 5.74) is 0.626. The Morgan fingerprint density at radius 2 is 2.12 bits per heavy atom. The second-order valence-electron chi connectivity index (χ2n) is 4.20. The van der Waals surface area contributed by atoms with Gasteiger partial charge in [-0.15, -0.1) is 0 Å². The molecule has 1 atom stereocenters. The van der Waals surface area contributed by atoms with Gasteiger partial charge in [-0.05, 0) is 31.8 Å². The van der Waals surface area contributed by atoms with Crippen LogP contribution in [0.3, 0.4) is 0 Å². The minimum Gasteiger partial charge on any atom is -0.505 e. The largest absolute Gasteiger partial charge is 0.505 e. The van der Waals surface area contributed by atoms with Crippen LogP contribution >= 0.6 is 0 Å². The average Bonchev–Trinajstić information content (AvgIpc) is 2.28. The van der Waals surface area contributed by atoms with E-state index >= 15 is 0 Å². The highest BCUT2D eigenvalue weighted by Crippen LogP contribution is 2.20. The number of halogens is 1. The van der Waals surface area contributed by atoms with Gasteiger partial charge in [-0.2, -0.15) is 0 Å². The van der Waals surface area contributed by atoms with Crippen LogP contribution in [-0.4, -0.2) is 48.9 Å². The molecule has 0 spiro atoms. The Bertz CT molecular complexity index is 358. The van der Waals surface area contributed by atoms with Crippen LogP contribution in [0, 0.1) is 5.82 Å². The number of aromatic hydroxyl groups is 1. The van der Waals surface area contributed by atoms with E-state index < -0.39 is 5.82 Å². The maximum Gasteiger partial charge on any atom is 0.165 e. The molecule has 0 aliphatic heterocycles. The van der Waals surface area contributed by atoms with E-state index in [9.17, 15) is 9.50 Å².